The number of aliphatic imine (C=N–C) groups is 1. The number of benzene rings is 3. The lowest BCUT2D eigenvalue weighted by molar-refractivity contribution is -0.274. The van der Waals surface area contributed by atoms with Crippen LogP contribution in [-0.4, -0.2) is 62.2 Å². The zero-order valence-electron chi connectivity index (χ0n) is 24.2. The fraction of sp³-hybridized carbons (Fsp3) is 0.200. The van der Waals surface area contributed by atoms with E-state index in [1.54, 1.807) is 49.4 Å². The van der Waals surface area contributed by atoms with E-state index in [-0.39, 0.29) is 28.1 Å². The lowest BCUT2D eigenvalue weighted by Crippen LogP contribution is -2.32. The Hall–Kier alpha value is -5.03. The molecule has 246 valence electrons. The SMILES string of the molecule is Cc1ccc(OCC(F)(F)F)c(N2C(=O)CSC2=NC(O)Nc2ccc(/C=C/c3ncn(-c4ccc(OC(F)(F)F)cc4)n3)cc2)c1. The Morgan fingerprint density at radius 2 is 1.77 bits per heavy atom. The summed E-state index contributed by atoms with van der Waals surface area (Å²) in [5.74, 6) is -0.647. The summed E-state index contributed by atoms with van der Waals surface area (Å²) < 4.78 is 85.7. The number of hydrogen-bond donors (Lipinski definition) is 2. The molecule has 0 saturated carbocycles. The van der Waals surface area contributed by atoms with Crippen LogP contribution in [0.15, 0.2) is 78.0 Å². The van der Waals surface area contributed by atoms with Crippen molar-refractivity contribution in [1.82, 2.24) is 14.8 Å². The second kappa shape index (κ2) is 13.8. The zero-order chi connectivity index (χ0) is 33.8. The highest BCUT2D eigenvalue weighted by atomic mass is 32.2. The van der Waals surface area contributed by atoms with Gasteiger partial charge in [0, 0.05) is 5.69 Å². The second-order valence-electron chi connectivity index (χ2n) is 9.87. The molecule has 0 bridgehead atoms. The highest BCUT2D eigenvalue weighted by Crippen LogP contribution is 2.36. The maximum absolute atomic E-state index is 12.8. The number of alkyl halides is 6. The molecule has 0 spiro atoms. The molecule has 1 aromatic heterocycles. The molecule has 5 rings (SSSR count). The number of halogens is 6. The second-order valence-corrected chi connectivity index (χ2v) is 10.8. The normalized spacial score (nSPS) is 15.4. The monoisotopic (exact) mass is 678 g/mol. The Morgan fingerprint density at radius 3 is 2.45 bits per heavy atom. The lowest BCUT2D eigenvalue weighted by atomic mass is 10.2. The van der Waals surface area contributed by atoms with E-state index in [0.717, 1.165) is 22.2 Å². The summed E-state index contributed by atoms with van der Waals surface area (Å²) in [6.45, 7) is 0.171. The average Bonchev–Trinajstić information content (AvgIpc) is 3.61. The topological polar surface area (TPSA) is 114 Å². The van der Waals surface area contributed by atoms with E-state index in [1.165, 1.54) is 47.4 Å². The number of rotatable bonds is 10. The number of thioether (sulfide) groups is 1. The number of aliphatic hydroxyl groups excluding tert-OH is 1. The number of hydrogen-bond acceptors (Lipinski definition) is 9. The third-order valence-electron chi connectivity index (χ3n) is 6.22. The van der Waals surface area contributed by atoms with Crippen LogP contribution in [0.3, 0.4) is 0 Å². The van der Waals surface area contributed by atoms with Gasteiger partial charge in [0.15, 0.2) is 17.6 Å². The third-order valence-corrected chi connectivity index (χ3v) is 7.16. The van der Waals surface area contributed by atoms with Crippen molar-refractivity contribution in [2.24, 2.45) is 4.99 Å². The summed E-state index contributed by atoms with van der Waals surface area (Å²) in [4.78, 5) is 22.2. The van der Waals surface area contributed by atoms with Gasteiger partial charge in [0.1, 0.15) is 17.8 Å². The van der Waals surface area contributed by atoms with Crippen molar-refractivity contribution >= 4 is 46.4 Å². The van der Waals surface area contributed by atoms with Crippen LogP contribution in [0.25, 0.3) is 17.8 Å². The summed E-state index contributed by atoms with van der Waals surface area (Å²) in [5, 5.41) is 17.7. The number of nitrogens with zero attached hydrogens (tertiary/aromatic N) is 5. The predicted molar refractivity (Wildman–Crippen MR) is 163 cm³/mol. The number of anilines is 2. The quantitative estimate of drug-likeness (QED) is 0.146. The van der Waals surface area contributed by atoms with Crippen molar-refractivity contribution < 1.29 is 45.7 Å². The Morgan fingerprint density at radius 1 is 1.04 bits per heavy atom. The van der Waals surface area contributed by atoms with Gasteiger partial charge in [-0.2, -0.15) is 13.2 Å². The molecule has 1 unspecified atom stereocenters. The molecule has 0 aliphatic carbocycles. The van der Waals surface area contributed by atoms with Gasteiger partial charge in [0.2, 0.25) is 12.3 Å². The maximum Gasteiger partial charge on any atom is 0.573 e. The highest BCUT2D eigenvalue weighted by Gasteiger charge is 2.34. The van der Waals surface area contributed by atoms with E-state index in [4.69, 9.17) is 4.74 Å². The zero-order valence-corrected chi connectivity index (χ0v) is 25.0. The molecule has 3 aromatic carbocycles. The molecular weight excluding hydrogens is 654 g/mol. The first-order valence-electron chi connectivity index (χ1n) is 13.6. The fourth-order valence-corrected chi connectivity index (χ4v) is 5.09. The van der Waals surface area contributed by atoms with Gasteiger partial charge in [-0.15, -0.1) is 18.3 Å². The molecule has 4 aromatic rings. The molecule has 10 nitrogen and oxygen atoms in total. The van der Waals surface area contributed by atoms with Gasteiger partial charge in [0.25, 0.3) is 0 Å². The smallest absolute Gasteiger partial charge is 0.482 e. The van der Waals surface area contributed by atoms with Crippen molar-refractivity contribution in [2.45, 2.75) is 25.8 Å². The molecule has 0 radical (unpaired) electrons. The van der Waals surface area contributed by atoms with Gasteiger partial charge in [-0.3, -0.25) is 9.69 Å². The van der Waals surface area contributed by atoms with Crippen LogP contribution in [0, 0.1) is 6.92 Å². The number of carbonyl (C=O) groups is 1. The minimum atomic E-state index is -4.79. The van der Waals surface area contributed by atoms with Crippen molar-refractivity contribution in [3.05, 3.63) is 90.0 Å². The fourth-order valence-electron chi connectivity index (χ4n) is 4.20. The molecule has 2 N–H and O–H groups in total. The van der Waals surface area contributed by atoms with Gasteiger partial charge in [-0.05, 0) is 72.7 Å². The van der Waals surface area contributed by atoms with Gasteiger partial charge < -0.3 is 19.9 Å². The Bertz CT molecular complexity index is 1780. The molecule has 1 aliphatic rings. The van der Waals surface area contributed by atoms with Gasteiger partial charge >= 0.3 is 12.5 Å². The summed E-state index contributed by atoms with van der Waals surface area (Å²) in [5.41, 5.74) is 2.45. The van der Waals surface area contributed by atoms with Crippen LogP contribution in [0.4, 0.5) is 37.7 Å². The molecule has 1 atom stereocenters. The van der Waals surface area contributed by atoms with Crippen LogP contribution in [0.2, 0.25) is 0 Å². The van der Waals surface area contributed by atoms with E-state index < -0.39 is 31.4 Å². The largest absolute Gasteiger partial charge is 0.573 e. The number of aromatic nitrogens is 3. The molecular formula is C30H24F6N6O4S. The van der Waals surface area contributed by atoms with E-state index in [1.807, 2.05) is 0 Å². The van der Waals surface area contributed by atoms with Crippen LogP contribution in [0.5, 0.6) is 11.5 Å². The van der Waals surface area contributed by atoms with Gasteiger partial charge in [-0.25, -0.2) is 14.7 Å². The number of ether oxygens (including phenoxy) is 2. The van der Waals surface area contributed by atoms with Gasteiger partial charge in [0.05, 0.1) is 17.1 Å². The van der Waals surface area contributed by atoms with E-state index in [9.17, 15) is 36.2 Å². The van der Waals surface area contributed by atoms with Crippen LogP contribution in [-0.2, 0) is 4.79 Å². The number of amides is 1. The Labute approximate surface area is 267 Å². The maximum atomic E-state index is 12.8. The number of aryl methyl sites for hydroxylation is 1. The van der Waals surface area contributed by atoms with Gasteiger partial charge in [-0.1, -0.05) is 36.0 Å². The third kappa shape index (κ3) is 9.26. The van der Waals surface area contributed by atoms with Crippen molar-refractivity contribution in [3.8, 4) is 17.2 Å². The molecule has 2 heterocycles. The van der Waals surface area contributed by atoms with Crippen molar-refractivity contribution in [3.63, 3.8) is 0 Å². The molecule has 1 saturated heterocycles. The number of carbonyl (C=O) groups excluding carboxylic acids is 1. The number of aliphatic hydroxyl groups is 1. The van der Waals surface area contributed by atoms with Crippen LogP contribution < -0.4 is 19.7 Å². The Kier molecular flexibility index (Phi) is 9.76. The number of amidine groups is 1. The van der Waals surface area contributed by atoms with Crippen LogP contribution >= 0.6 is 11.8 Å². The van der Waals surface area contributed by atoms with E-state index in [2.05, 4.69) is 25.1 Å². The highest BCUT2D eigenvalue weighted by molar-refractivity contribution is 8.15. The Balaban J connectivity index is 1.21. The van der Waals surface area contributed by atoms with E-state index >= 15 is 0 Å². The molecule has 1 fully saturated rings. The summed E-state index contributed by atoms with van der Waals surface area (Å²) in [7, 11) is 0. The molecule has 47 heavy (non-hydrogen) atoms. The molecule has 1 aliphatic heterocycles. The minimum absolute atomic E-state index is 0.0322. The summed E-state index contributed by atoms with van der Waals surface area (Å²) >= 11 is 1.02. The first kappa shape index (κ1) is 33.3. The first-order valence-corrected chi connectivity index (χ1v) is 14.6. The lowest BCUT2D eigenvalue weighted by Gasteiger charge is -2.22. The van der Waals surface area contributed by atoms with Crippen molar-refractivity contribution in [2.75, 3.05) is 22.6 Å². The summed E-state index contributed by atoms with van der Waals surface area (Å²) in [6, 6.07) is 16.3. The molecule has 1 amide bonds. The standard InChI is InChI=1S/C30H24F6N6O4S/c1-18-2-12-24(45-16-29(31,32)33)23(14-18)42-26(43)15-47-28(42)39-27(44)38-20-6-3-19(4-7-20)5-13-25-37-17-41(40-25)21-8-10-22(11-9-21)46-30(34,35)36/h2-14,17,27,38,44H,15-16H2,1H3/b13-5+,39-28?. The predicted octanol–water partition coefficient (Wildman–Crippen LogP) is 6.41. The minimum Gasteiger partial charge on any atom is -0.482 e. The molecule has 17 heteroatoms. The van der Waals surface area contributed by atoms with E-state index in [0.29, 0.717) is 22.8 Å². The summed E-state index contributed by atoms with van der Waals surface area (Å²) in [6.07, 6.45) is -6.12. The number of nitrogens with one attached hydrogen (secondary N) is 1. The average molecular weight is 679 g/mol. The van der Waals surface area contributed by atoms with Crippen LogP contribution in [0.1, 0.15) is 17.0 Å². The first-order chi connectivity index (χ1) is 22.2. The van der Waals surface area contributed by atoms with Crippen molar-refractivity contribution in [1.29, 1.82) is 0 Å².